The molecule has 0 fully saturated rings. The molecule has 3 heterocycles. The molecule has 0 saturated carbocycles. The van der Waals surface area contributed by atoms with Crippen LogP contribution in [0.1, 0.15) is 16.7 Å². The minimum absolute atomic E-state index is 0.681. The lowest BCUT2D eigenvalue weighted by atomic mass is 9.83. The molecular formula is C16H13N3O. The summed E-state index contributed by atoms with van der Waals surface area (Å²) in [6, 6.07) is 10.9. The molecule has 4 nitrogen and oxygen atoms in total. The summed E-state index contributed by atoms with van der Waals surface area (Å²) in [5.41, 5.74) is 0.736. The van der Waals surface area contributed by atoms with Crippen molar-refractivity contribution in [1.29, 1.82) is 0 Å². The number of nitrogens with zero attached hydrogens (tertiary/aromatic N) is 3. The maximum Gasteiger partial charge on any atom is 0.145 e. The third-order valence-corrected chi connectivity index (χ3v) is 3.24. The van der Waals surface area contributed by atoms with Crippen LogP contribution in [-0.4, -0.2) is 20.1 Å². The first-order valence-electron chi connectivity index (χ1n) is 6.25. The molecule has 0 amide bonds. The molecule has 1 N–H and O–H groups in total. The van der Waals surface area contributed by atoms with E-state index >= 15 is 0 Å². The van der Waals surface area contributed by atoms with E-state index in [0.29, 0.717) is 16.7 Å². The van der Waals surface area contributed by atoms with Gasteiger partial charge in [-0.05, 0) is 18.2 Å². The normalized spacial score (nSPS) is 11.2. The molecule has 0 radical (unpaired) electrons. The van der Waals surface area contributed by atoms with Crippen molar-refractivity contribution in [3.63, 3.8) is 0 Å². The van der Waals surface area contributed by atoms with Gasteiger partial charge in [0.25, 0.3) is 0 Å². The van der Waals surface area contributed by atoms with Crippen LogP contribution in [0.25, 0.3) is 0 Å². The van der Waals surface area contributed by atoms with E-state index in [9.17, 15) is 5.11 Å². The number of aliphatic hydroxyl groups is 1. The first-order chi connectivity index (χ1) is 9.82. The Labute approximate surface area is 116 Å². The Bertz CT molecular complexity index is 575. The van der Waals surface area contributed by atoms with Gasteiger partial charge in [0.1, 0.15) is 5.60 Å². The molecule has 4 heteroatoms. The fourth-order valence-electron chi connectivity index (χ4n) is 2.23. The summed E-state index contributed by atoms with van der Waals surface area (Å²) in [5.74, 6) is 0. The fraction of sp³-hybridized carbons (Fsp3) is 0.0625. The van der Waals surface area contributed by atoms with Crippen LogP contribution in [0.15, 0.2) is 73.6 Å². The molecule has 0 aliphatic carbocycles. The van der Waals surface area contributed by atoms with Gasteiger partial charge in [-0.25, -0.2) is 0 Å². The average molecular weight is 263 g/mol. The lowest BCUT2D eigenvalue weighted by Gasteiger charge is -2.28. The zero-order chi connectivity index (χ0) is 13.8. The van der Waals surface area contributed by atoms with E-state index in [1.807, 2.05) is 18.2 Å². The maximum atomic E-state index is 11.3. The van der Waals surface area contributed by atoms with Gasteiger partial charge in [0.2, 0.25) is 0 Å². The molecule has 0 saturated heterocycles. The third-order valence-electron chi connectivity index (χ3n) is 3.24. The van der Waals surface area contributed by atoms with E-state index in [4.69, 9.17) is 0 Å². The minimum Gasteiger partial charge on any atom is -0.376 e. The van der Waals surface area contributed by atoms with Crippen LogP contribution in [0, 0.1) is 0 Å². The molecule has 0 bridgehead atoms. The summed E-state index contributed by atoms with van der Waals surface area (Å²) in [6.07, 6.45) is 9.99. The van der Waals surface area contributed by atoms with Crippen LogP contribution in [0.3, 0.4) is 0 Å². The first kappa shape index (κ1) is 12.4. The standard InChI is InChI=1S/C16H13N3O/c20-16(13-4-1-7-17-10-13,14-5-2-8-18-11-14)15-6-3-9-19-12-15/h1-12,20H. The maximum absolute atomic E-state index is 11.3. The lowest BCUT2D eigenvalue weighted by molar-refractivity contribution is 0.124. The van der Waals surface area contributed by atoms with Gasteiger partial charge in [-0.15, -0.1) is 0 Å². The SMILES string of the molecule is OC(c1cccnc1)(c1cccnc1)c1cccnc1. The highest BCUT2D eigenvalue weighted by Crippen LogP contribution is 2.35. The second-order valence-corrected chi connectivity index (χ2v) is 4.44. The van der Waals surface area contributed by atoms with Crippen molar-refractivity contribution < 1.29 is 5.11 Å². The zero-order valence-corrected chi connectivity index (χ0v) is 10.7. The van der Waals surface area contributed by atoms with Gasteiger partial charge in [0, 0.05) is 53.9 Å². The number of hydrogen-bond donors (Lipinski definition) is 1. The summed E-state index contributed by atoms with van der Waals surface area (Å²) in [4.78, 5) is 12.3. The predicted octanol–water partition coefficient (Wildman–Crippen LogP) is 2.16. The Hall–Kier alpha value is -2.59. The van der Waals surface area contributed by atoms with Crippen molar-refractivity contribution in [2.45, 2.75) is 5.60 Å². The second-order valence-electron chi connectivity index (χ2n) is 4.44. The number of hydrogen-bond acceptors (Lipinski definition) is 4. The first-order valence-corrected chi connectivity index (χ1v) is 6.25. The van der Waals surface area contributed by atoms with Crippen LogP contribution in [0.2, 0.25) is 0 Å². The van der Waals surface area contributed by atoms with E-state index in [1.165, 1.54) is 0 Å². The monoisotopic (exact) mass is 263 g/mol. The third kappa shape index (κ3) is 2.06. The topological polar surface area (TPSA) is 58.9 Å². The molecule has 3 rings (SSSR count). The second kappa shape index (κ2) is 5.19. The number of rotatable bonds is 3. The number of pyridine rings is 3. The van der Waals surface area contributed by atoms with E-state index in [-0.39, 0.29) is 0 Å². The largest absolute Gasteiger partial charge is 0.376 e. The van der Waals surface area contributed by atoms with Crippen molar-refractivity contribution >= 4 is 0 Å². The minimum atomic E-state index is -1.31. The molecule has 0 atom stereocenters. The molecule has 0 aliphatic heterocycles. The van der Waals surface area contributed by atoms with Crippen LogP contribution in [0.5, 0.6) is 0 Å². The quantitative estimate of drug-likeness (QED) is 0.786. The van der Waals surface area contributed by atoms with Gasteiger partial charge in [-0.2, -0.15) is 0 Å². The van der Waals surface area contributed by atoms with Crippen molar-refractivity contribution in [3.8, 4) is 0 Å². The van der Waals surface area contributed by atoms with E-state index in [0.717, 1.165) is 0 Å². The van der Waals surface area contributed by atoms with Crippen molar-refractivity contribution in [3.05, 3.63) is 90.3 Å². The summed E-state index contributed by atoms with van der Waals surface area (Å²) < 4.78 is 0. The highest BCUT2D eigenvalue weighted by atomic mass is 16.3. The van der Waals surface area contributed by atoms with Gasteiger partial charge in [0.05, 0.1) is 0 Å². The highest BCUT2D eigenvalue weighted by Gasteiger charge is 2.34. The van der Waals surface area contributed by atoms with E-state index in [1.54, 1.807) is 55.4 Å². The van der Waals surface area contributed by atoms with Gasteiger partial charge in [-0.1, -0.05) is 18.2 Å². The highest BCUT2D eigenvalue weighted by molar-refractivity contribution is 5.44. The zero-order valence-electron chi connectivity index (χ0n) is 10.7. The average Bonchev–Trinajstić information content (AvgIpc) is 2.56. The Morgan fingerprint density at radius 1 is 0.650 bits per heavy atom. The Morgan fingerprint density at radius 2 is 1.00 bits per heavy atom. The van der Waals surface area contributed by atoms with Crippen LogP contribution < -0.4 is 0 Å². The molecular weight excluding hydrogens is 250 g/mol. The summed E-state index contributed by atoms with van der Waals surface area (Å²) >= 11 is 0. The molecule has 3 aromatic rings. The molecule has 0 spiro atoms. The number of aromatic nitrogens is 3. The van der Waals surface area contributed by atoms with Crippen molar-refractivity contribution in [2.24, 2.45) is 0 Å². The molecule has 0 aromatic carbocycles. The fourth-order valence-corrected chi connectivity index (χ4v) is 2.23. The Balaban J connectivity index is 2.24. The molecule has 20 heavy (non-hydrogen) atoms. The Kier molecular flexibility index (Phi) is 3.23. The summed E-state index contributed by atoms with van der Waals surface area (Å²) in [7, 11) is 0. The summed E-state index contributed by atoms with van der Waals surface area (Å²) in [6.45, 7) is 0. The predicted molar refractivity (Wildman–Crippen MR) is 74.8 cm³/mol. The van der Waals surface area contributed by atoms with Gasteiger partial charge in [-0.3, -0.25) is 15.0 Å². The van der Waals surface area contributed by atoms with Crippen molar-refractivity contribution in [2.75, 3.05) is 0 Å². The molecule has 3 aromatic heterocycles. The van der Waals surface area contributed by atoms with Gasteiger partial charge < -0.3 is 5.11 Å². The Morgan fingerprint density at radius 3 is 1.25 bits per heavy atom. The molecule has 0 unspecified atom stereocenters. The van der Waals surface area contributed by atoms with E-state index in [2.05, 4.69) is 15.0 Å². The lowest BCUT2D eigenvalue weighted by Crippen LogP contribution is -2.29. The summed E-state index contributed by atoms with van der Waals surface area (Å²) in [5, 5.41) is 11.3. The molecule has 98 valence electrons. The molecule has 0 aliphatic rings. The smallest absolute Gasteiger partial charge is 0.145 e. The van der Waals surface area contributed by atoms with Crippen LogP contribution >= 0.6 is 0 Å². The van der Waals surface area contributed by atoms with E-state index < -0.39 is 5.60 Å². The van der Waals surface area contributed by atoms with Gasteiger partial charge >= 0.3 is 0 Å². The van der Waals surface area contributed by atoms with Gasteiger partial charge in [0.15, 0.2) is 0 Å². The van der Waals surface area contributed by atoms with Crippen LogP contribution in [-0.2, 0) is 5.60 Å². The van der Waals surface area contributed by atoms with Crippen LogP contribution in [0.4, 0.5) is 0 Å². The van der Waals surface area contributed by atoms with Crippen molar-refractivity contribution in [1.82, 2.24) is 15.0 Å².